The first-order chi connectivity index (χ1) is 22.1. The Morgan fingerprint density at radius 2 is 1.04 bits per heavy atom. The maximum atomic E-state index is 14.3. The van der Waals surface area contributed by atoms with E-state index in [0.717, 1.165) is 55.8 Å². The fourth-order valence-electron chi connectivity index (χ4n) is 6.96. The molecule has 0 aromatic heterocycles. The van der Waals surface area contributed by atoms with Crippen LogP contribution in [0.15, 0.2) is 168 Å². The highest BCUT2D eigenvalue weighted by molar-refractivity contribution is 7.92. The number of rotatable bonds is 3. The third-order valence-electron chi connectivity index (χ3n) is 8.91. The highest BCUT2D eigenvalue weighted by atomic mass is 32.2. The molecule has 0 saturated carbocycles. The van der Waals surface area contributed by atoms with E-state index >= 15 is 0 Å². The molecule has 5 heteroatoms. The molecule has 0 atom stereocenters. The van der Waals surface area contributed by atoms with Gasteiger partial charge in [0.25, 0.3) is 0 Å². The summed E-state index contributed by atoms with van der Waals surface area (Å²) in [5, 5.41) is 2.20. The Bertz CT molecular complexity index is 2380. The molecule has 0 fully saturated rings. The van der Waals surface area contributed by atoms with Gasteiger partial charge in [0.1, 0.15) is 0 Å². The fourth-order valence-corrected chi connectivity index (χ4v) is 8.59. The molecule has 45 heavy (non-hydrogen) atoms. The highest BCUT2D eigenvalue weighted by Crippen LogP contribution is 2.59. The second kappa shape index (κ2) is 9.68. The summed E-state index contributed by atoms with van der Waals surface area (Å²) in [6.45, 7) is 0. The van der Waals surface area contributed by atoms with E-state index in [1.807, 2.05) is 54.6 Å². The van der Waals surface area contributed by atoms with Crippen molar-refractivity contribution in [3.05, 3.63) is 158 Å². The number of fused-ring (bicyclic) bond motifs is 5. The summed E-state index contributed by atoms with van der Waals surface area (Å²) in [6.07, 6.45) is 0. The van der Waals surface area contributed by atoms with E-state index in [1.54, 1.807) is 18.2 Å². The van der Waals surface area contributed by atoms with Gasteiger partial charge in [0.15, 0.2) is 0 Å². The maximum absolute atomic E-state index is 14.3. The van der Waals surface area contributed by atoms with Crippen LogP contribution in [0.2, 0.25) is 0 Å². The Hall–Kier alpha value is -5.65. The number of benzene rings is 7. The summed E-state index contributed by atoms with van der Waals surface area (Å²) < 4.78 is 28.7. The van der Waals surface area contributed by atoms with Crippen molar-refractivity contribution in [3.63, 3.8) is 0 Å². The van der Waals surface area contributed by atoms with E-state index in [-0.39, 0.29) is 0 Å². The van der Waals surface area contributed by atoms with Crippen LogP contribution in [-0.4, -0.2) is 8.42 Å². The normalized spacial score (nSPS) is 14.0. The zero-order valence-corrected chi connectivity index (χ0v) is 24.9. The molecule has 0 aliphatic carbocycles. The summed E-state index contributed by atoms with van der Waals surface area (Å²) in [6, 6.07) is 52.8. The lowest BCUT2D eigenvalue weighted by atomic mass is 9.89. The van der Waals surface area contributed by atoms with Gasteiger partial charge in [-0.15, -0.1) is 0 Å². The minimum Gasteiger partial charge on any atom is -0.309 e. The molecule has 7 aromatic rings. The molecular formula is C40H26N2O2S. The summed E-state index contributed by atoms with van der Waals surface area (Å²) >= 11 is 0. The van der Waals surface area contributed by atoms with Crippen LogP contribution in [0.1, 0.15) is 0 Å². The molecule has 0 unspecified atom stereocenters. The van der Waals surface area contributed by atoms with E-state index in [4.69, 9.17) is 0 Å². The van der Waals surface area contributed by atoms with Crippen molar-refractivity contribution in [2.45, 2.75) is 9.79 Å². The number of nitrogens with zero attached hydrogens (tertiary/aromatic N) is 2. The third kappa shape index (κ3) is 3.74. The van der Waals surface area contributed by atoms with Gasteiger partial charge in [-0.2, -0.15) is 0 Å². The van der Waals surface area contributed by atoms with Crippen LogP contribution < -0.4 is 9.80 Å². The number of para-hydroxylation sites is 2. The van der Waals surface area contributed by atoms with E-state index in [1.165, 1.54) is 0 Å². The van der Waals surface area contributed by atoms with E-state index in [0.29, 0.717) is 21.2 Å². The maximum Gasteiger partial charge on any atom is 0.210 e. The van der Waals surface area contributed by atoms with Crippen molar-refractivity contribution in [2.24, 2.45) is 0 Å². The van der Waals surface area contributed by atoms with E-state index in [2.05, 4.69) is 94.7 Å². The van der Waals surface area contributed by atoms with Crippen LogP contribution in [0.5, 0.6) is 0 Å². The number of hydrogen-bond donors (Lipinski definition) is 0. The lowest BCUT2D eigenvalue weighted by Crippen LogP contribution is -2.25. The van der Waals surface area contributed by atoms with Gasteiger partial charge in [-0.1, -0.05) is 103 Å². The fraction of sp³-hybridized carbons (Fsp3) is 0. The van der Waals surface area contributed by atoms with Gasteiger partial charge in [-0.05, 0) is 76.7 Å². The van der Waals surface area contributed by atoms with Gasteiger partial charge in [-0.3, -0.25) is 0 Å². The molecule has 2 aliphatic heterocycles. The summed E-state index contributed by atoms with van der Waals surface area (Å²) in [4.78, 5) is 5.01. The molecular weight excluding hydrogens is 573 g/mol. The van der Waals surface area contributed by atoms with Crippen molar-refractivity contribution < 1.29 is 8.42 Å². The lowest BCUT2D eigenvalue weighted by molar-refractivity contribution is 0.595. The van der Waals surface area contributed by atoms with Crippen molar-refractivity contribution in [1.29, 1.82) is 0 Å². The monoisotopic (exact) mass is 598 g/mol. The molecule has 2 aliphatic rings. The standard InChI is InChI=1S/C40H26N2O2S/c43-45(44)36-20-8-7-18-33(36)42(30-15-5-2-6-16-30)40-37(45)26-25-35-39(40)32-17-9-13-29-14-10-19-34(38(29)32)41(35)31-23-21-28(22-24-31)27-11-3-1-4-12-27/h1-26H. The third-order valence-corrected chi connectivity index (χ3v) is 10.7. The summed E-state index contributed by atoms with van der Waals surface area (Å²) in [5.41, 5.74) is 9.43. The molecule has 4 nitrogen and oxygen atoms in total. The lowest BCUT2D eigenvalue weighted by Gasteiger charge is -2.39. The van der Waals surface area contributed by atoms with Crippen LogP contribution in [0.4, 0.5) is 34.1 Å². The Labute approximate surface area is 262 Å². The smallest absolute Gasteiger partial charge is 0.210 e. The number of sulfone groups is 1. The Morgan fingerprint density at radius 1 is 0.422 bits per heavy atom. The molecule has 0 N–H and O–H groups in total. The molecule has 0 bridgehead atoms. The zero-order chi connectivity index (χ0) is 30.1. The molecule has 0 saturated heterocycles. The van der Waals surface area contributed by atoms with Crippen molar-refractivity contribution >= 4 is 54.7 Å². The Balaban J connectivity index is 1.37. The first-order valence-electron chi connectivity index (χ1n) is 15.0. The largest absolute Gasteiger partial charge is 0.309 e. The molecule has 0 amide bonds. The van der Waals surface area contributed by atoms with Crippen molar-refractivity contribution in [1.82, 2.24) is 0 Å². The zero-order valence-electron chi connectivity index (χ0n) is 24.1. The van der Waals surface area contributed by atoms with E-state index < -0.39 is 9.84 Å². The van der Waals surface area contributed by atoms with Gasteiger partial charge in [-0.25, -0.2) is 8.42 Å². The SMILES string of the molecule is O=S1(=O)c2ccccc2N(c2ccccc2)c2c1ccc1c2-c2cccc3cccc(c23)N1c1ccc(-c2ccccc2)cc1. The quantitative estimate of drug-likeness (QED) is 0.203. The second-order valence-electron chi connectivity index (χ2n) is 11.4. The second-order valence-corrected chi connectivity index (χ2v) is 13.3. The number of anilines is 6. The van der Waals surface area contributed by atoms with Crippen LogP contribution in [0.25, 0.3) is 33.0 Å². The van der Waals surface area contributed by atoms with Crippen LogP contribution in [0.3, 0.4) is 0 Å². The molecule has 214 valence electrons. The van der Waals surface area contributed by atoms with E-state index in [9.17, 15) is 8.42 Å². The van der Waals surface area contributed by atoms with Gasteiger partial charge in [0, 0.05) is 22.3 Å². The number of hydrogen-bond acceptors (Lipinski definition) is 4. The van der Waals surface area contributed by atoms with Gasteiger partial charge in [0.2, 0.25) is 9.84 Å². The average molecular weight is 599 g/mol. The van der Waals surface area contributed by atoms with Gasteiger partial charge < -0.3 is 9.80 Å². The first kappa shape index (κ1) is 25.8. The molecule has 0 spiro atoms. The van der Waals surface area contributed by atoms with Gasteiger partial charge in [0.05, 0.1) is 32.5 Å². The van der Waals surface area contributed by atoms with Gasteiger partial charge >= 0.3 is 0 Å². The Kier molecular flexibility index (Phi) is 5.55. The molecule has 7 aromatic carbocycles. The minimum atomic E-state index is -3.80. The molecule has 2 heterocycles. The first-order valence-corrected chi connectivity index (χ1v) is 16.4. The van der Waals surface area contributed by atoms with Crippen LogP contribution >= 0.6 is 0 Å². The van der Waals surface area contributed by atoms with Crippen molar-refractivity contribution in [2.75, 3.05) is 9.80 Å². The predicted molar refractivity (Wildman–Crippen MR) is 183 cm³/mol. The molecule has 0 radical (unpaired) electrons. The van der Waals surface area contributed by atoms with Crippen LogP contribution in [0, 0.1) is 0 Å². The Morgan fingerprint density at radius 3 is 1.82 bits per heavy atom. The molecule has 9 rings (SSSR count). The van der Waals surface area contributed by atoms with Crippen molar-refractivity contribution in [3.8, 4) is 22.3 Å². The highest BCUT2D eigenvalue weighted by Gasteiger charge is 2.40. The predicted octanol–water partition coefficient (Wildman–Crippen LogP) is 10.6. The summed E-state index contributed by atoms with van der Waals surface area (Å²) in [7, 11) is -3.80. The van der Waals surface area contributed by atoms with Crippen LogP contribution in [-0.2, 0) is 9.84 Å². The topological polar surface area (TPSA) is 40.6 Å². The minimum absolute atomic E-state index is 0.305. The average Bonchev–Trinajstić information content (AvgIpc) is 3.09. The summed E-state index contributed by atoms with van der Waals surface area (Å²) in [5.74, 6) is 0.